The standard InChI is InChI=1S/C23H31N3O4S/c24-31(28,29)17-5-4-13-25-14-12-23(27)26(16-15-25)18-20-8-10-22(11-9-20)30-19-21-6-2-1-3-7-21/h1-3,6-11H,4-5,12-19H2,(H2,24,28,29). The monoisotopic (exact) mass is 445 g/mol. The van der Waals surface area contributed by atoms with Crippen LogP contribution in [0.4, 0.5) is 0 Å². The van der Waals surface area contributed by atoms with Crippen LogP contribution in [-0.4, -0.2) is 56.1 Å². The number of nitrogens with two attached hydrogens (primary N) is 1. The second-order valence-electron chi connectivity index (χ2n) is 7.90. The van der Waals surface area contributed by atoms with Crippen LogP contribution in [0.5, 0.6) is 5.75 Å². The van der Waals surface area contributed by atoms with Crippen LogP contribution in [-0.2, 0) is 28.0 Å². The fourth-order valence-corrected chi connectivity index (χ4v) is 4.20. The van der Waals surface area contributed by atoms with Crippen LogP contribution in [0.15, 0.2) is 54.6 Å². The molecule has 0 saturated carbocycles. The van der Waals surface area contributed by atoms with Crippen molar-refractivity contribution in [3.8, 4) is 5.75 Å². The highest BCUT2D eigenvalue weighted by molar-refractivity contribution is 7.89. The minimum Gasteiger partial charge on any atom is -0.489 e. The molecule has 3 rings (SSSR count). The summed E-state index contributed by atoms with van der Waals surface area (Å²) in [5.74, 6) is 0.966. The quantitative estimate of drug-likeness (QED) is 0.567. The lowest BCUT2D eigenvalue weighted by Gasteiger charge is -2.22. The summed E-state index contributed by atoms with van der Waals surface area (Å²) in [5.41, 5.74) is 2.19. The van der Waals surface area contributed by atoms with Crippen LogP contribution in [0.3, 0.4) is 0 Å². The summed E-state index contributed by atoms with van der Waals surface area (Å²) in [4.78, 5) is 16.6. The van der Waals surface area contributed by atoms with E-state index >= 15 is 0 Å². The van der Waals surface area contributed by atoms with E-state index in [0.717, 1.165) is 36.4 Å². The van der Waals surface area contributed by atoms with Crippen molar-refractivity contribution in [1.29, 1.82) is 0 Å². The van der Waals surface area contributed by atoms with Gasteiger partial charge in [-0.1, -0.05) is 42.5 Å². The van der Waals surface area contributed by atoms with Crippen LogP contribution < -0.4 is 9.88 Å². The van der Waals surface area contributed by atoms with Crippen LogP contribution in [0.2, 0.25) is 0 Å². The van der Waals surface area contributed by atoms with Gasteiger partial charge in [0.1, 0.15) is 12.4 Å². The Kier molecular flexibility index (Phi) is 8.45. The Morgan fingerprint density at radius 1 is 0.903 bits per heavy atom. The molecule has 0 spiro atoms. The number of amides is 1. The maximum absolute atomic E-state index is 12.5. The number of hydrogen-bond acceptors (Lipinski definition) is 5. The highest BCUT2D eigenvalue weighted by Gasteiger charge is 2.20. The van der Waals surface area contributed by atoms with Crippen LogP contribution in [0.1, 0.15) is 30.4 Å². The van der Waals surface area contributed by atoms with Gasteiger partial charge in [0.05, 0.1) is 5.75 Å². The fourth-order valence-electron chi connectivity index (χ4n) is 3.59. The van der Waals surface area contributed by atoms with Crippen molar-refractivity contribution in [2.45, 2.75) is 32.4 Å². The van der Waals surface area contributed by atoms with Crippen molar-refractivity contribution in [2.24, 2.45) is 5.14 Å². The molecule has 8 heteroatoms. The zero-order valence-electron chi connectivity index (χ0n) is 17.8. The molecule has 31 heavy (non-hydrogen) atoms. The molecule has 1 amide bonds. The molecule has 0 bridgehead atoms. The molecule has 7 nitrogen and oxygen atoms in total. The van der Waals surface area contributed by atoms with Gasteiger partial charge in [0, 0.05) is 32.6 Å². The first-order chi connectivity index (χ1) is 14.9. The average molecular weight is 446 g/mol. The normalized spacial score (nSPS) is 15.6. The van der Waals surface area contributed by atoms with Crippen molar-refractivity contribution in [1.82, 2.24) is 9.80 Å². The molecule has 1 heterocycles. The molecule has 2 aromatic rings. The molecule has 1 saturated heterocycles. The maximum Gasteiger partial charge on any atom is 0.224 e. The molecule has 1 aliphatic heterocycles. The molecule has 1 aliphatic rings. The number of sulfonamides is 1. The van der Waals surface area contributed by atoms with Gasteiger partial charge in [0.2, 0.25) is 15.9 Å². The van der Waals surface area contributed by atoms with Crippen LogP contribution in [0.25, 0.3) is 0 Å². The van der Waals surface area contributed by atoms with E-state index in [4.69, 9.17) is 9.88 Å². The van der Waals surface area contributed by atoms with Gasteiger partial charge in [0.25, 0.3) is 0 Å². The zero-order valence-corrected chi connectivity index (χ0v) is 18.6. The Bertz CT molecular complexity index is 933. The zero-order chi connectivity index (χ0) is 22.1. The fraction of sp³-hybridized carbons (Fsp3) is 0.435. The van der Waals surface area contributed by atoms with E-state index in [2.05, 4.69) is 4.90 Å². The molecule has 0 aliphatic carbocycles. The van der Waals surface area contributed by atoms with Crippen molar-refractivity contribution in [3.63, 3.8) is 0 Å². The van der Waals surface area contributed by atoms with Crippen molar-refractivity contribution >= 4 is 15.9 Å². The van der Waals surface area contributed by atoms with Gasteiger partial charge in [-0.3, -0.25) is 4.79 Å². The third-order valence-electron chi connectivity index (χ3n) is 5.38. The van der Waals surface area contributed by atoms with E-state index in [1.807, 2.05) is 59.5 Å². The number of carbonyl (C=O) groups is 1. The molecule has 0 aromatic heterocycles. The predicted octanol–water partition coefficient (Wildman–Crippen LogP) is 2.37. The average Bonchev–Trinajstić information content (AvgIpc) is 2.92. The van der Waals surface area contributed by atoms with E-state index in [1.165, 1.54) is 0 Å². The lowest BCUT2D eigenvalue weighted by atomic mass is 10.2. The number of rotatable bonds is 10. The molecular weight excluding hydrogens is 414 g/mol. The van der Waals surface area contributed by atoms with Crippen LogP contribution in [0, 0.1) is 0 Å². The summed E-state index contributed by atoms with van der Waals surface area (Å²) in [7, 11) is -3.40. The minimum atomic E-state index is -3.40. The van der Waals surface area contributed by atoms with E-state index in [0.29, 0.717) is 39.1 Å². The molecule has 0 radical (unpaired) electrons. The first-order valence-electron chi connectivity index (χ1n) is 10.7. The highest BCUT2D eigenvalue weighted by atomic mass is 32.2. The van der Waals surface area contributed by atoms with E-state index < -0.39 is 10.0 Å². The predicted molar refractivity (Wildman–Crippen MR) is 121 cm³/mol. The summed E-state index contributed by atoms with van der Waals surface area (Å²) in [5, 5.41) is 5.04. The third-order valence-corrected chi connectivity index (χ3v) is 6.24. The largest absolute Gasteiger partial charge is 0.489 e. The summed E-state index contributed by atoms with van der Waals surface area (Å²) in [6.45, 7) is 4.05. The molecule has 2 N–H and O–H groups in total. The van der Waals surface area contributed by atoms with Gasteiger partial charge in [0.15, 0.2) is 0 Å². The van der Waals surface area contributed by atoms with Gasteiger partial charge >= 0.3 is 0 Å². The SMILES string of the molecule is NS(=O)(=O)CCCCN1CCC(=O)N(Cc2ccc(OCc3ccccc3)cc2)CC1. The summed E-state index contributed by atoms with van der Waals surface area (Å²) >= 11 is 0. The van der Waals surface area contributed by atoms with Gasteiger partial charge in [-0.05, 0) is 42.6 Å². The van der Waals surface area contributed by atoms with Gasteiger partial charge in [-0.2, -0.15) is 0 Å². The third kappa shape index (κ3) is 8.32. The Morgan fingerprint density at radius 3 is 2.35 bits per heavy atom. The molecule has 0 atom stereocenters. The van der Waals surface area contributed by atoms with Gasteiger partial charge < -0.3 is 14.5 Å². The molecule has 0 unspecified atom stereocenters. The summed E-state index contributed by atoms with van der Waals surface area (Å²) < 4.78 is 27.9. The molecule has 1 fully saturated rings. The lowest BCUT2D eigenvalue weighted by Crippen LogP contribution is -2.33. The van der Waals surface area contributed by atoms with E-state index in [9.17, 15) is 13.2 Å². The van der Waals surface area contributed by atoms with Crippen molar-refractivity contribution in [2.75, 3.05) is 31.9 Å². The minimum absolute atomic E-state index is 0.0109. The number of nitrogens with zero attached hydrogens (tertiary/aromatic N) is 2. The maximum atomic E-state index is 12.5. The van der Waals surface area contributed by atoms with Gasteiger partial charge in [-0.25, -0.2) is 13.6 Å². The molecular formula is C23H31N3O4S. The lowest BCUT2D eigenvalue weighted by molar-refractivity contribution is -0.130. The second-order valence-corrected chi connectivity index (χ2v) is 9.63. The van der Waals surface area contributed by atoms with E-state index in [1.54, 1.807) is 0 Å². The first kappa shape index (κ1) is 23.2. The molecule has 168 valence electrons. The Labute approximate surface area is 184 Å². The van der Waals surface area contributed by atoms with Gasteiger partial charge in [-0.15, -0.1) is 0 Å². The summed E-state index contributed by atoms with van der Waals surface area (Å²) in [6, 6.07) is 17.9. The number of carbonyl (C=O) groups excluding carboxylic acids is 1. The Balaban J connectivity index is 1.44. The Morgan fingerprint density at radius 2 is 1.65 bits per heavy atom. The number of hydrogen-bond donors (Lipinski definition) is 1. The highest BCUT2D eigenvalue weighted by Crippen LogP contribution is 2.17. The Hall–Kier alpha value is -2.42. The van der Waals surface area contributed by atoms with E-state index in [-0.39, 0.29) is 11.7 Å². The van der Waals surface area contributed by atoms with Crippen molar-refractivity contribution < 1.29 is 17.9 Å². The topological polar surface area (TPSA) is 92.9 Å². The molecule has 2 aromatic carbocycles. The number of unbranched alkanes of at least 4 members (excludes halogenated alkanes) is 1. The van der Waals surface area contributed by atoms with Crippen LogP contribution >= 0.6 is 0 Å². The summed E-state index contributed by atoms with van der Waals surface area (Å²) in [6.07, 6.45) is 1.79. The number of benzene rings is 2. The number of primary sulfonamides is 1. The smallest absolute Gasteiger partial charge is 0.224 e. The second kappa shape index (κ2) is 11.3. The first-order valence-corrected chi connectivity index (χ1v) is 12.4. The van der Waals surface area contributed by atoms with Crippen molar-refractivity contribution in [3.05, 3.63) is 65.7 Å². The number of ether oxygens (including phenoxy) is 1.